The minimum Gasteiger partial charge on any atom is -0.464 e. The number of carbonyl (C=O) groups excluding carboxylic acids is 2. The third-order valence-corrected chi connectivity index (χ3v) is 3.42. The fourth-order valence-corrected chi connectivity index (χ4v) is 2.11. The molecule has 0 saturated carbocycles. The topological polar surface area (TPSA) is 110 Å². The lowest BCUT2D eigenvalue weighted by atomic mass is 9.98. The number of carbonyl (C=O) groups is 2. The van der Waals surface area contributed by atoms with Crippen LogP contribution >= 0.6 is 0 Å². The summed E-state index contributed by atoms with van der Waals surface area (Å²) in [5.74, 6) is -1.07. The molecule has 0 bridgehead atoms. The lowest BCUT2D eigenvalue weighted by Gasteiger charge is -2.26. The SMILES string of the molecule is CCCCOC(=O)C1(NC(=O)c2cn[nH]c(=O)c2)CCOC1. The van der Waals surface area contributed by atoms with E-state index in [2.05, 4.69) is 15.5 Å². The Bertz CT molecular complexity index is 592. The number of nitrogens with one attached hydrogen (secondary N) is 2. The zero-order chi connectivity index (χ0) is 16.0. The van der Waals surface area contributed by atoms with E-state index in [9.17, 15) is 14.4 Å². The first kappa shape index (κ1) is 16.2. The van der Waals surface area contributed by atoms with Crippen molar-refractivity contribution < 1.29 is 19.1 Å². The lowest BCUT2D eigenvalue weighted by molar-refractivity contribution is -0.151. The van der Waals surface area contributed by atoms with Gasteiger partial charge in [0.25, 0.3) is 11.5 Å². The molecule has 1 aromatic heterocycles. The Labute approximate surface area is 127 Å². The molecule has 8 nitrogen and oxygen atoms in total. The van der Waals surface area contributed by atoms with Crippen LogP contribution in [0.25, 0.3) is 0 Å². The van der Waals surface area contributed by atoms with Crippen molar-refractivity contribution in [2.24, 2.45) is 0 Å². The van der Waals surface area contributed by atoms with E-state index in [-0.39, 0.29) is 12.2 Å². The van der Waals surface area contributed by atoms with Crippen LogP contribution in [0.4, 0.5) is 0 Å². The number of ether oxygens (including phenoxy) is 2. The van der Waals surface area contributed by atoms with Gasteiger partial charge in [0.05, 0.1) is 25.0 Å². The smallest absolute Gasteiger partial charge is 0.334 e. The quantitative estimate of drug-likeness (QED) is 0.565. The summed E-state index contributed by atoms with van der Waals surface area (Å²) in [6.07, 6.45) is 3.22. The molecule has 0 aromatic carbocycles. The number of hydrogen-bond acceptors (Lipinski definition) is 6. The van der Waals surface area contributed by atoms with E-state index in [1.807, 2.05) is 6.92 Å². The van der Waals surface area contributed by atoms with Gasteiger partial charge in [-0.3, -0.25) is 9.59 Å². The van der Waals surface area contributed by atoms with Gasteiger partial charge in [0.2, 0.25) is 0 Å². The van der Waals surface area contributed by atoms with Gasteiger partial charge in [-0.05, 0) is 6.42 Å². The Balaban J connectivity index is 2.09. The molecular formula is C14H19N3O5. The number of aromatic nitrogens is 2. The number of nitrogens with zero attached hydrogens (tertiary/aromatic N) is 1. The van der Waals surface area contributed by atoms with Gasteiger partial charge in [-0.1, -0.05) is 13.3 Å². The van der Waals surface area contributed by atoms with Gasteiger partial charge < -0.3 is 14.8 Å². The van der Waals surface area contributed by atoms with Crippen LogP contribution in [0.3, 0.4) is 0 Å². The summed E-state index contributed by atoms with van der Waals surface area (Å²) in [6, 6.07) is 1.12. The Morgan fingerprint density at radius 1 is 1.55 bits per heavy atom. The largest absolute Gasteiger partial charge is 0.464 e. The number of unbranched alkanes of at least 4 members (excludes halogenated alkanes) is 1. The van der Waals surface area contributed by atoms with Gasteiger partial charge >= 0.3 is 5.97 Å². The second-order valence-electron chi connectivity index (χ2n) is 5.16. The Hall–Kier alpha value is -2.22. The van der Waals surface area contributed by atoms with E-state index < -0.39 is 23.0 Å². The van der Waals surface area contributed by atoms with Crippen molar-refractivity contribution in [2.75, 3.05) is 19.8 Å². The molecule has 1 fully saturated rings. The average Bonchev–Trinajstić information content (AvgIpc) is 2.97. The molecule has 1 unspecified atom stereocenters. The summed E-state index contributed by atoms with van der Waals surface area (Å²) in [6.45, 7) is 2.71. The highest BCUT2D eigenvalue weighted by atomic mass is 16.5. The first-order valence-electron chi connectivity index (χ1n) is 7.19. The van der Waals surface area contributed by atoms with E-state index in [1.165, 1.54) is 6.20 Å². The van der Waals surface area contributed by atoms with Crippen LogP contribution in [0.1, 0.15) is 36.5 Å². The molecule has 1 amide bonds. The van der Waals surface area contributed by atoms with Crippen molar-refractivity contribution in [2.45, 2.75) is 31.7 Å². The lowest BCUT2D eigenvalue weighted by Crippen LogP contribution is -2.56. The van der Waals surface area contributed by atoms with E-state index in [4.69, 9.17) is 9.47 Å². The predicted octanol–water partition coefficient (Wildman–Crippen LogP) is 0.00210. The summed E-state index contributed by atoms with van der Waals surface area (Å²) in [5, 5.41) is 8.38. The molecule has 2 N–H and O–H groups in total. The first-order chi connectivity index (χ1) is 10.6. The number of rotatable bonds is 6. The molecule has 1 atom stereocenters. The highest BCUT2D eigenvalue weighted by molar-refractivity contribution is 5.98. The second-order valence-corrected chi connectivity index (χ2v) is 5.16. The number of esters is 1. The molecule has 0 spiro atoms. The van der Waals surface area contributed by atoms with Crippen molar-refractivity contribution in [3.8, 4) is 0 Å². The molecule has 1 aliphatic heterocycles. The third kappa shape index (κ3) is 3.70. The maximum Gasteiger partial charge on any atom is 0.334 e. The Morgan fingerprint density at radius 3 is 3.00 bits per heavy atom. The molecule has 0 radical (unpaired) electrons. The van der Waals surface area contributed by atoms with Crippen LogP contribution in [0.2, 0.25) is 0 Å². The van der Waals surface area contributed by atoms with E-state index in [1.54, 1.807) is 0 Å². The molecule has 120 valence electrons. The van der Waals surface area contributed by atoms with Crippen LogP contribution in [-0.2, 0) is 14.3 Å². The summed E-state index contributed by atoms with van der Waals surface area (Å²) in [7, 11) is 0. The van der Waals surface area contributed by atoms with Crippen LogP contribution in [0.5, 0.6) is 0 Å². The fraction of sp³-hybridized carbons (Fsp3) is 0.571. The number of amides is 1. The van der Waals surface area contributed by atoms with E-state index in [0.29, 0.717) is 19.6 Å². The monoisotopic (exact) mass is 309 g/mol. The predicted molar refractivity (Wildman–Crippen MR) is 76.4 cm³/mol. The second kappa shape index (κ2) is 7.17. The normalized spacial score (nSPS) is 20.6. The van der Waals surface area contributed by atoms with Gasteiger partial charge in [0.1, 0.15) is 0 Å². The van der Waals surface area contributed by atoms with Gasteiger partial charge in [-0.15, -0.1) is 0 Å². The van der Waals surface area contributed by atoms with E-state index >= 15 is 0 Å². The molecule has 8 heteroatoms. The summed E-state index contributed by atoms with van der Waals surface area (Å²) >= 11 is 0. The molecular weight excluding hydrogens is 290 g/mol. The van der Waals surface area contributed by atoms with Gasteiger partial charge in [-0.2, -0.15) is 5.10 Å². The molecule has 22 heavy (non-hydrogen) atoms. The minimum absolute atomic E-state index is 0.0559. The van der Waals surface area contributed by atoms with Crippen molar-refractivity contribution in [1.82, 2.24) is 15.5 Å². The Kier molecular flexibility index (Phi) is 5.26. The zero-order valence-electron chi connectivity index (χ0n) is 12.4. The molecule has 1 aromatic rings. The van der Waals surface area contributed by atoms with Crippen molar-refractivity contribution in [1.29, 1.82) is 0 Å². The first-order valence-corrected chi connectivity index (χ1v) is 7.19. The maximum atomic E-state index is 12.3. The average molecular weight is 309 g/mol. The highest BCUT2D eigenvalue weighted by Crippen LogP contribution is 2.21. The molecule has 2 rings (SSSR count). The summed E-state index contributed by atoms with van der Waals surface area (Å²) in [4.78, 5) is 35.7. The van der Waals surface area contributed by atoms with Crippen molar-refractivity contribution in [3.05, 3.63) is 28.2 Å². The summed E-state index contributed by atoms with van der Waals surface area (Å²) < 4.78 is 10.5. The fourth-order valence-electron chi connectivity index (χ4n) is 2.11. The maximum absolute atomic E-state index is 12.3. The molecule has 1 saturated heterocycles. The van der Waals surface area contributed by atoms with Crippen LogP contribution in [-0.4, -0.2) is 47.4 Å². The van der Waals surface area contributed by atoms with Gasteiger partial charge in [0, 0.05) is 19.1 Å². The van der Waals surface area contributed by atoms with Crippen LogP contribution < -0.4 is 10.9 Å². The van der Waals surface area contributed by atoms with E-state index in [0.717, 1.165) is 18.9 Å². The number of hydrogen-bond donors (Lipinski definition) is 2. The molecule has 0 aliphatic carbocycles. The van der Waals surface area contributed by atoms with Crippen LogP contribution in [0, 0.1) is 0 Å². The zero-order valence-corrected chi connectivity index (χ0v) is 12.4. The minimum atomic E-state index is -1.20. The third-order valence-electron chi connectivity index (χ3n) is 3.42. The molecule has 1 aliphatic rings. The molecule has 2 heterocycles. The summed E-state index contributed by atoms with van der Waals surface area (Å²) in [5.41, 5.74) is -1.61. The number of H-pyrrole nitrogens is 1. The standard InChI is InChI=1S/C14H19N3O5/c1-2-3-5-22-13(20)14(4-6-21-9-14)16-12(19)10-7-11(18)17-15-8-10/h7-8H,2-6,9H2,1H3,(H,16,19)(H,17,18). The highest BCUT2D eigenvalue weighted by Gasteiger charge is 2.45. The number of aromatic amines is 1. The van der Waals surface area contributed by atoms with Crippen molar-refractivity contribution in [3.63, 3.8) is 0 Å². The Morgan fingerprint density at radius 2 is 2.36 bits per heavy atom. The van der Waals surface area contributed by atoms with Crippen molar-refractivity contribution >= 4 is 11.9 Å². The van der Waals surface area contributed by atoms with Gasteiger partial charge in [-0.25, -0.2) is 9.89 Å². The van der Waals surface area contributed by atoms with Crippen LogP contribution in [0.15, 0.2) is 17.1 Å². The van der Waals surface area contributed by atoms with Gasteiger partial charge in [0.15, 0.2) is 5.54 Å².